The van der Waals surface area contributed by atoms with Crippen LogP contribution in [0, 0.1) is 0 Å². The molecule has 1 amide bonds. The number of rotatable bonds is 4. The predicted molar refractivity (Wildman–Crippen MR) is 63.5 cm³/mol. The summed E-state index contributed by atoms with van der Waals surface area (Å²) in [5.41, 5.74) is -0.191. The Hall–Kier alpha value is -1.23. The van der Waals surface area contributed by atoms with Gasteiger partial charge in [-0.1, -0.05) is 12.1 Å². The zero-order valence-electron chi connectivity index (χ0n) is 9.72. The van der Waals surface area contributed by atoms with Crippen molar-refractivity contribution in [3.8, 4) is 0 Å². The molecular weight excluding hydrogens is 267 g/mol. The molecule has 100 valence electrons. The summed E-state index contributed by atoms with van der Waals surface area (Å²) >= 11 is 5.66. The molecule has 0 aliphatic carbocycles. The second kappa shape index (κ2) is 6.09. The van der Waals surface area contributed by atoms with Crippen LogP contribution in [0.2, 0.25) is 0 Å². The van der Waals surface area contributed by atoms with Gasteiger partial charge in [0.2, 0.25) is 5.91 Å². The Morgan fingerprint density at radius 1 is 1.33 bits per heavy atom. The number of hydrogen-bond acceptors (Lipinski definition) is 1. The van der Waals surface area contributed by atoms with E-state index in [4.69, 9.17) is 11.6 Å². The van der Waals surface area contributed by atoms with Gasteiger partial charge in [-0.25, -0.2) is 0 Å². The maximum Gasteiger partial charge on any atom is 0.416 e. The summed E-state index contributed by atoms with van der Waals surface area (Å²) in [7, 11) is 0. The van der Waals surface area contributed by atoms with Gasteiger partial charge >= 0.3 is 6.18 Å². The average molecular weight is 280 g/mol. The van der Waals surface area contributed by atoms with E-state index in [9.17, 15) is 18.0 Å². The van der Waals surface area contributed by atoms with Crippen molar-refractivity contribution < 1.29 is 18.0 Å². The van der Waals surface area contributed by atoms with Crippen molar-refractivity contribution in [2.45, 2.75) is 24.9 Å². The van der Waals surface area contributed by atoms with E-state index in [2.05, 4.69) is 5.32 Å². The first-order chi connectivity index (χ1) is 8.29. The highest BCUT2D eigenvalue weighted by molar-refractivity contribution is 6.20. The van der Waals surface area contributed by atoms with Crippen molar-refractivity contribution in [3.63, 3.8) is 0 Å². The van der Waals surface area contributed by atoms with Crippen LogP contribution in [0.3, 0.4) is 0 Å². The van der Waals surface area contributed by atoms with Gasteiger partial charge in [0.15, 0.2) is 0 Å². The second-order valence-corrected chi connectivity index (χ2v) is 4.70. The molecule has 1 N–H and O–H groups in total. The molecule has 0 saturated carbocycles. The Kier molecular flexibility index (Phi) is 5.02. The van der Waals surface area contributed by atoms with Gasteiger partial charge < -0.3 is 5.32 Å². The smallest absolute Gasteiger partial charge is 0.354 e. The minimum atomic E-state index is -4.35. The third-order valence-corrected chi connectivity index (χ3v) is 2.38. The standard InChI is InChI=1S/C12H13ClF3NO/c1-8(13)7-17-11(18)6-9-2-4-10(5-3-9)12(14,15)16/h2-5,8H,6-7H2,1H3,(H,17,18). The molecule has 0 saturated heterocycles. The average Bonchev–Trinajstić information content (AvgIpc) is 2.26. The third-order valence-electron chi connectivity index (χ3n) is 2.23. The highest BCUT2D eigenvalue weighted by atomic mass is 35.5. The van der Waals surface area contributed by atoms with Crippen LogP contribution in [0.15, 0.2) is 24.3 Å². The highest BCUT2D eigenvalue weighted by Crippen LogP contribution is 2.29. The first-order valence-electron chi connectivity index (χ1n) is 5.36. The molecule has 1 atom stereocenters. The van der Waals surface area contributed by atoms with Crippen LogP contribution < -0.4 is 5.32 Å². The van der Waals surface area contributed by atoms with Crippen molar-refractivity contribution in [2.24, 2.45) is 0 Å². The lowest BCUT2D eigenvalue weighted by molar-refractivity contribution is -0.137. The fourth-order valence-corrected chi connectivity index (χ4v) is 1.39. The molecule has 0 aromatic heterocycles. The molecule has 0 aliphatic rings. The Morgan fingerprint density at radius 2 is 1.89 bits per heavy atom. The molecule has 1 aromatic carbocycles. The van der Waals surface area contributed by atoms with Crippen LogP contribution in [-0.2, 0) is 17.4 Å². The number of alkyl halides is 4. The van der Waals surface area contributed by atoms with Crippen LogP contribution in [0.1, 0.15) is 18.1 Å². The van der Waals surface area contributed by atoms with E-state index in [0.29, 0.717) is 12.1 Å². The highest BCUT2D eigenvalue weighted by Gasteiger charge is 2.29. The molecule has 0 heterocycles. The SMILES string of the molecule is CC(Cl)CNC(=O)Cc1ccc(C(F)(F)F)cc1. The summed E-state index contributed by atoms with van der Waals surface area (Å²) in [4.78, 5) is 11.4. The molecule has 1 aromatic rings. The van der Waals surface area contributed by atoms with Gasteiger partial charge in [-0.3, -0.25) is 4.79 Å². The van der Waals surface area contributed by atoms with Gasteiger partial charge in [-0.15, -0.1) is 11.6 Å². The third kappa shape index (κ3) is 4.96. The fourth-order valence-electron chi connectivity index (χ4n) is 1.31. The molecular formula is C12H13ClF3NO. The molecule has 0 aliphatic heterocycles. The maximum atomic E-state index is 12.3. The summed E-state index contributed by atoms with van der Waals surface area (Å²) in [5, 5.41) is 2.40. The largest absolute Gasteiger partial charge is 0.416 e. The van der Waals surface area contributed by atoms with Gasteiger partial charge in [-0.2, -0.15) is 13.2 Å². The molecule has 0 bridgehead atoms. The van der Waals surface area contributed by atoms with E-state index < -0.39 is 11.7 Å². The molecule has 0 spiro atoms. The first kappa shape index (κ1) is 14.8. The van der Waals surface area contributed by atoms with Crippen molar-refractivity contribution in [2.75, 3.05) is 6.54 Å². The minimum absolute atomic E-state index is 0.0434. The topological polar surface area (TPSA) is 29.1 Å². The second-order valence-electron chi connectivity index (χ2n) is 3.96. The minimum Gasteiger partial charge on any atom is -0.354 e. The molecule has 0 fully saturated rings. The number of amides is 1. The van der Waals surface area contributed by atoms with E-state index in [1.165, 1.54) is 12.1 Å². The normalized spacial score (nSPS) is 13.2. The lowest BCUT2D eigenvalue weighted by Crippen LogP contribution is -2.29. The van der Waals surface area contributed by atoms with Gasteiger partial charge in [0.05, 0.1) is 12.0 Å². The van der Waals surface area contributed by atoms with Crippen LogP contribution in [0.4, 0.5) is 13.2 Å². The first-order valence-corrected chi connectivity index (χ1v) is 5.79. The summed E-state index contributed by atoms with van der Waals surface area (Å²) in [5.74, 6) is -0.262. The number of carbonyl (C=O) groups excluding carboxylic acids is 1. The van der Waals surface area contributed by atoms with Crippen molar-refractivity contribution >= 4 is 17.5 Å². The van der Waals surface area contributed by atoms with E-state index in [1.807, 2.05) is 0 Å². The lowest BCUT2D eigenvalue weighted by atomic mass is 10.1. The maximum absolute atomic E-state index is 12.3. The van der Waals surface area contributed by atoms with E-state index in [0.717, 1.165) is 12.1 Å². The Balaban J connectivity index is 2.56. The molecule has 1 unspecified atom stereocenters. The molecule has 2 nitrogen and oxygen atoms in total. The van der Waals surface area contributed by atoms with Crippen LogP contribution in [-0.4, -0.2) is 17.8 Å². The summed E-state index contributed by atoms with van der Waals surface area (Å²) in [6, 6.07) is 4.53. The number of nitrogens with one attached hydrogen (secondary N) is 1. The van der Waals surface area contributed by atoms with Crippen molar-refractivity contribution in [3.05, 3.63) is 35.4 Å². The Bertz CT molecular complexity index is 401. The van der Waals surface area contributed by atoms with Crippen LogP contribution in [0.5, 0.6) is 0 Å². The number of carbonyl (C=O) groups is 1. The van der Waals surface area contributed by atoms with E-state index in [1.54, 1.807) is 6.92 Å². The van der Waals surface area contributed by atoms with E-state index >= 15 is 0 Å². The van der Waals surface area contributed by atoms with Crippen LogP contribution in [0.25, 0.3) is 0 Å². The lowest BCUT2D eigenvalue weighted by Gasteiger charge is -2.08. The van der Waals surface area contributed by atoms with Gasteiger partial charge in [0.25, 0.3) is 0 Å². The number of hydrogen-bond donors (Lipinski definition) is 1. The summed E-state index contributed by atoms with van der Waals surface area (Å²) in [6.07, 6.45) is -4.31. The number of benzene rings is 1. The molecule has 1 rings (SSSR count). The van der Waals surface area contributed by atoms with Gasteiger partial charge in [-0.05, 0) is 24.6 Å². The number of halogens is 4. The zero-order valence-corrected chi connectivity index (χ0v) is 10.5. The molecule has 0 radical (unpaired) electrons. The fraction of sp³-hybridized carbons (Fsp3) is 0.417. The summed E-state index contributed by atoms with van der Waals surface area (Å²) in [6.45, 7) is 2.07. The molecule has 6 heteroatoms. The Labute approximate surface area is 108 Å². The van der Waals surface area contributed by atoms with Crippen LogP contribution >= 0.6 is 11.6 Å². The van der Waals surface area contributed by atoms with Crippen molar-refractivity contribution in [1.29, 1.82) is 0 Å². The molecule has 18 heavy (non-hydrogen) atoms. The monoisotopic (exact) mass is 279 g/mol. The Morgan fingerprint density at radius 3 is 2.33 bits per heavy atom. The van der Waals surface area contributed by atoms with Gasteiger partial charge in [0, 0.05) is 11.9 Å². The van der Waals surface area contributed by atoms with Crippen molar-refractivity contribution in [1.82, 2.24) is 5.32 Å². The summed E-state index contributed by atoms with van der Waals surface area (Å²) < 4.78 is 36.9. The predicted octanol–water partition coefficient (Wildman–Crippen LogP) is 2.99. The quantitative estimate of drug-likeness (QED) is 0.844. The van der Waals surface area contributed by atoms with E-state index in [-0.39, 0.29) is 17.7 Å². The van der Waals surface area contributed by atoms with Gasteiger partial charge in [0.1, 0.15) is 0 Å². The zero-order chi connectivity index (χ0) is 13.8.